The first-order valence-electron chi connectivity index (χ1n) is 11.0. The normalized spacial score (nSPS) is 19.0. The number of rotatable bonds is 5. The average Bonchev–Trinajstić information content (AvgIpc) is 3.53. The molecule has 4 heterocycles. The van der Waals surface area contributed by atoms with Crippen LogP contribution in [0.3, 0.4) is 0 Å². The second-order valence-corrected chi connectivity index (χ2v) is 9.48. The number of hydrogen-bond donors (Lipinski definition) is 2. The summed E-state index contributed by atoms with van der Waals surface area (Å²) in [6, 6.07) is 10.6. The molecule has 0 radical (unpaired) electrons. The van der Waals surface area contributed by atoms with Gasteiger partial charge in [0.1, 0.15) is 5.65 Å². The molecule has 4 aromatic heterocycles. The molecule has 162 valence electrons. The minimum absolute atomic E-state index is 0.106. The van der Waals surface area contributed by atoms with E-state index < -0.39 is 0 Å². The fraction of sp³-hybridized carbons (Fsp3) is 0.292. The molecule has 1 aromatic carbocycles. The van der Waals surface area contributed by atoms with Gasteiger partial charge in [0.25, 0.3) is 0 Å². The van der Waals surface area contributed by atoms with E-state index in [-0.39, 0.29) is 12.1 Å². The first kappa shape index (κ1) is 19.5. The molecular weight excluding hydrogens is 420 g/mol. The molecule has 8 heteroatoms. The van der Waals surface area contributed by atoms with Gasteiger partial charge in [-0.15, -0.1) is 0 Å². The van der Waals surface area contributed by atoms with Gasteiger partial charge >= 0.3 is 0 Å². The molecule has 1 aliphatic rings. The van der Waals surface area contributed by atoms with E-state index in [1.54, 1.807) is 23.9 Å². The zero-order chi connectivity index (χ0) is 21.5. The van der Waals surface area contributed by atoms with E-state index in [4.69, 9.17) is 9.97 Å². The fourth-order valence-electron chi connectivity index (χ4n) is 4.47. The van der Waals surface area contributed by atoms with Crippen molar-refractivity contribution in [3.8, 4) is 5.69 Å². The highest BCUT2D eigenvalue weighted by Gasteiger charge is 2.23. The molecule has 1 saturated carbocycles. The summed E-state index contributed by atoms with van der Waals surface area (Å²) in [5, 5.41) is 14.6. The molecule has 5 aromatic rings. The lowest BCUT2D eigenvalue weighted by Gasteiger charge is -2.27. The first-order chi connectivity index (χ1) is 15.7. The van der Waals surface area contributed by atoms with Crippen LogP contribution in [0.4, 0.5) is 5.13 Å². The molecule has 0 saturated heterocycles. The molecule has 2 N–H and O–H groups in total. The van der Waals surface area contributed by atoms with E-state index in [0.717, 1.165) is 64.5 Å². The van der Waals surface area contributed by atoms with Crippen LogP contribution in [0.2, 0.25) is 0 Å². The lowest BCUT2D eigenvalue weighted by molar-refractivity contribution is 0.116. The SMILES string of the molecule is OC1CCCCC1Nc1nc2ccc(Cc3cn4ccc(-n5ccnc5)cc4n3)cc2s1. The van der Waals surface area contributed by atoms with Crippen molar-refractivity contribution in [2.45, 2.75) is 44.2 Å². The Kier molecular flexibility index (Phi) is 4.88. The second kappa shape index (κ2) is 8.03. The number of hydrogen-bond acceptors (Lipinski definition) is 6. The molecular formula is C24H24N6OS. The number of pyridine rings is 1. The smallest absolute Gasteiger partial charge is 0.184 e. The Balaban J connectivity index is 1.22. The Labute approximate surface area is 189 Å². The van der Waals surface area contributed by atoms with Crippen molar-refractivity contribution in [1.82, 2.24) is 23.9 Å². The zero-order valence-corrected chi connectivity index (χ0v) is 18.4. The van der Waals surface area contributed by atoms with E-state index >= 15 is 0 Å². The summed E-state index contributed by atoms with van der Waals surface area (Å²) >= 11 is 1.66. The monoisotopic (exact) mass is 444 g/mol. The molecule has 0 spiro atoms. The topological polar surface area (TPSA) is 80.3 Å². The first-order valence-corrected chi connectivity index (χ1v) is 11.8. The van der Waals surface area contributed by atoms with Crippen molar-refractivity contribution in [3.05, 3.63) is 72.7 Å². The molecule has 7 nitrogen and oxygen atoms in total. The van der Waals surface area contributed by atoms with Crippen LogP contribution in [-0.4, -0.2) is 41.2 Å². The van der Waals surface area contributed by atoms with E-state index in [2.05, 4.69) is 51.2 Å². The number of aromatic nitrogens is 5. The fourth-order valence-corrected chi connectivity index (χ4v) is 5.46. The maximum absolute atomic E-state index is 10.2. The second-order valence-electron chi connectivity index (χ2n) is 8.45. The van der Waals surface area contributed by atoms with Crippen LogP contribution in [0.15, 0.2) is 61.4 Å². The van der Waals surface area contributed by atoms with Gasteiger partial charge in [-0.1, -0.05) is 30.2 Å². The van der Waals surface area contributed by atoms with Crippen molar-refractivity contribution in [3.63, 3.8) is 0 Å². The predicted molar refractivity (Wildman–Crippen MR) is 127 cm³/mol. The maximum atomic E-state index is 10.2. The molecule has 6 rings (SSSR count). The molecule has 1 aliphatic carbocycles. The summed E-state index contributed by atoms with van der Waals surface area (Å²) in [5.74, 6) is 0. The summed E-state index contributed by atoms with van der Waals surface area (Å²) in [6.45, 7) is 0. The van der Waals surface area contributed by atoms with Gasteiger partial charge in [-0.2, -0.15) is 0 Å². The maximum Gasteiger partial charge on any atom is 0.184 e. The van der Waals surface area contributed by atoms with Crippen molar-refractivity contribution in [2.24, 2.45) is 0 Å². The van der Waals surface area contributed by atoms with Gasteiger partial charge in [0.2, 0.25) is 0 Å². The molecule has 32 heavy (non-hydrogen) atoms. The van der Waals surface area contributed by atoms with Gasteiger partial charge in [-0.25, -0.2) is 15.0 Å². The average molecular weight is 445 g/mol. The van der Waals surface area contributed by atoms with Crippen LogP contribution >= 0.6 is 11.3 Å². The summed E-state index contributed by atoms with van der Waals surface area (Å²) in [6.07, 6.45) is 14.2. The third kappa shape index (κ3) is 3.76. The van der Waals surface area contributed by atoms with Crippen LogP contribution < -0.4 is 5.32 Å². The van der Waals surface area contributed by atoms with Crippen molar-refractivity contribution in [1.29, 1.82) is 0 Å². The van der Waals surface area contributed by atoms with E-state index in [1.165, 1.54) is 5.56 Å². The number of benzene rings is 1. The summed E-state index contributed by atoms with van der Waals surface area (Å²) in [5.41, 5.74) is 5.19. The van der Waals surface area contributed by atoms with Crippen LogP contribution in [0.5, 0.6) is 0 Å². The number of fused-ring (bicyclic) bond motifs is 2. The standard InChI is InChI=1S/C24H24N6OS/c31-21-4-2-1-3-19(21)27-24-28-20-6-5-16(12-22(20)32-24)11-17-14-29-9-7-18(13-23(29)26-17)30-10-8-25-15-30/h5-10,12-15,19,21,31H,1-4,11H2,(H,27,28). The van der Waals surface area contributed by atoms with Crippen LogP contribution in [0.1, 0.15) is 36.9 Å². The minimum Gasteiger partial charge on any atom is -0.391 e. The van der Waals surface area contributed by atoms with Crippen LogP contribution in [0.25, 0.3) is 21.6 Å². The quantitative estimate of drug-likeness (QED) is 0.419. The minimum atomic E-state index is -0.282. The van der Waals surface area contributed by atoms with Gasteiger partial charge in [-0.3, -0.25) is 0 Å². The highest BCUT2D eigenvalue weighted by Crippen LogP contribution is 2.30. The van der Waals surface area contributed by atoms with Gasteiger partial charge in [0.15, 0.2) is 5.13 Å². The van der Waals surface area contributed by atoms with Crippen LogP contribution in [0, 0.1) is 0 Å². The Morgan fingerprint density at radius 3 is 2.91 bits per heavy atom. The summed E-state index contributed by atoms with van der Waals surface area (Å²) in [4.78, 5) is 13.7. The molecule has 1 fully saturated rings. The number of anilines is 1. The van der Waals surface area contributed by atoms with E-state index in [1.807, 2.05) is 17.0 Å². The molecule has 0 bridgehead atoms. The molecule has 2 atom stereocenters. The van der Waals surface area contributed by atoms with Gasteiger partial charge in [0, 0.05) is 37.3 Å². The predicted octanol–water partition coefficient (Wildman–Crippen LogP) is 4.44. The Hall–Kier alpha value is -3.23. The lowest BCUT2D eigenvalue weighted by atomic mass is 9.93. The largest absolute Gasteiger partial charge is 0.391 e. The highest BCUT2D eigenvalue weighted by molar-refractivity contribution is 7.22. The number of imidazole rings is 2. The number of aliphatic hydroxyl groups is 1. The van der Waals surface area contributed by atoms with E-state index in [0.29, 0.717) is 0 Å². The molecule has 0 aliphatic heterocycles. The van der Waals surface area contributed by atoms with Gasteiger partial charge < -0.3 is 19.4 Å². The number of nitrogens with zero attached hydrogens (tertiary/aromatic N) is 5. The number of thiazole rings is 1. The van der Waals surface area contributed by atoms with Crippen molar-refractivity contribution < 1.29 is 5.11 Å². The number of aliphatic hydroxyl groups excluding tert-OH is 1. The summed E-state index contributed by atoms with van der Waals surface area (Å²) in [7, 11) is 0. The Morgan fingerprint density at radius 2 is 2.03 bits per heavy atom. The van der Waals surface area contributed by atoms with E-state index in [9.17, 15) is 5.11 Å². The number of nitrogens with one attached hydrogen (secondary N) is 1. The van der Waals surface area contributed by atoms with Crippen molar-refractivity contribution in [2.75, 3.05) is 5.32 Å². The Morgan fingerprint density at radius 1 is 1.09 bits per heavy atom. The van der Waals surface area contributed by atoms with Crippen LogP contribution in [-0.2, 0) is 6.42 Å². The third-order valence-corrected chi connectivity index (χ3v) is 7.12. The Bertz CT molecular complexity index is 1370. The highest BCUT2D eigenvalue weighted by atomic mass is 32.1. The van der Waals surface area contributed by atoms with Crippen molar-refractivity contribution >= 4 is 32.3 Å². The molecule has 2 unspecified atom stereocenters. The van der Waals surface area contributed by atoms with Gasteiger partial charge in [-0.05, 0) is 36.6 Å². The molecule has 0 amide bonds. The van der Waals surface area contributed by atoms with Gasteiger partial charge in [0.05, 0.1) is 40.1 Å². The lowest BCUT2D eigenvalue weighted by Crippen LogP contribution is -2.36. The summed E-state index contributed by atoms with van der Waals surface area (Å²) < 4.78 is 5.18. The zero-order valence-electron chi connectivity index (χ0n) is 17.6. The third-order valence-electron chi connectivity index (χ3n) is 6.17.